The van der Waals surface area contributed by atoms with Crippen molar-refractivity contribution in [1.29, 1.82) is 0 Å². The minimum Gasteiger partial charge on any atom is -0.480 e. The average molecular weight is 355 g/mol. The van der Waals surface area contributed by atoms with Gasteiger partial charge in [0.2, 0.25) is 0 Å². The van der Waals surface area contributed by atoms with Crippen LogP contribution in [0.2, 0.25) is 5.02 Å². The molecule has 1 atom stereocenters. The molecule has 3 aromatic rings. The highest BCUT2D eigenvalue weighted by Gasteiger charge is 2.22. The molecule has 0 aliphatic rings. The van der Waals surface area contributed by atoms with E-state index in [2.05, 4.69) is 10.3 Å². The van der Waals surface area contributed by atoms with Crippen LogP contribution in [0.3, 0.4) is 0 Å². The molecule has 0 fully saturated rings. The van der Waals surface area contributed by atoms with Crippen LogP contribution < -0.4 is 5.32 Å². The summed E-state index contributed by atoms with van der Waals surface area (Å²) >= 11 is 5.83. The standard InChI is InChI=1S/C19H15ClN2O3/c20-14-8-5-12(6-9-14)11-17(19(24)25)22-18(23)16-10-7-13-3-1-2-4-15(13)21-16/h1-10,17H,11H2,(H,22,23)(H,24,25)/t17-/m1/s1. The van der Waals surface area contributed by atoms with E-state index in [1.54, 1.807) is 42.5 Å². The fraction of sp³-hybridized carbons (Fsp3) is 0.105. The second kappa shape index (κ2) is 7.32. The highest BCUT2D eigenvalue weighted by Crippen LogP contribution is 2.13. The van der Waals surface area contributed by atoms with Crippen molar-refractivity contribution in [2.75, 3.05) is 0 Å². The molecule has 2 N–H and O–H groups in total. The zero-order valence-electron chi connectivity index (χ0n) is 13.1. The molecule has 0 saturated carbocycles. The number of nitrogens with one attached hydrogen (secondary N) is 1. The number of carbonyl (C=O) groups excluding carboxylic acids is 1. The first-order valence-corrected chi connectivity index (χ1v) is 8.04. The van der Waals surface area contributed by atoms with Gasteiger partial charge in [-0.1, -0.05) is 48.0 Å². The largest absolute Gasteiger partial charge is 0.480 e. The van der Waals surface area contributed by atoms with Gasteiger partial charge in [0.1, 0.15) is 11.7 Å². The molecule has 1 amide bonds. The van der Waals surface area contributed by atoms with Crippen LogP contribution in [0, 0.1) is 0 Å². The van der Waals surface area contributed by atoms with Crippen molar-refractivity contribution in [3.63, 3.8) is 0 Å². The molecule has 0 spiro atoms. The van der Waals surface area contributed by atoms with Crippen LogP contribution in [-0.2, 0) is 11.2 Å². The summed E-state index contributed by atoms with van der Waals surface area (Å²) in [6, 6.07) is 16.6. The van der Waals surface area contributed by atoms with Crippen LogP contribution in [0.1, 0.15) is 16.1 Å². The van der Waals surface area contributed by atoms with Crippen LogP contribution in [0.25, 0.3) is 10.9 Å². The highest BCUT2D eigenvalue weighted by molar-refractivity contribution is 6.30. The zero-order chi connectivity index (χ0) is 17.8. The van der Waals surface area contributed by atoms with Gasteiger partial charge in [0, 0.05) is 16.8 Å². The van der Waals surface area contributed by atoms with E-state index in [9.17, 15) is 14.7 Å². The SMILES string of the molecule is O=C(N[C@H](Cc1ccc(Cl)cc1)C(=O)O)c1ccc2ccccc2n1. The maximum Gasteiger partial charge on any atom is 0.326 e. The summed E-state index contributed by atoms with van der Waals surface area (Å²) in [6.45, 7) is 0. The van der Waals surface area contributed by atoms with Gasteiger partial charge in [-0.15, -0.1) is 0 Å². The van der Waals surface area contributed by atoms with Gasteiger partial charge < -0.3 is 10.4 Å². The maximum absolute atomic E-state index is 12.4. The summed E-state index contributed by atoms with van der Waals surface area (Å²) in [4.78, 5) is 28.2. The second-order valence-corrected chi connectivity index (χ2v) is 6.02. The lowest BCUT2D eigenvalue weighted by Gasteiger charge is -2.14. The summed E-state index contributed by atoms with van der Waals surface area (Å²) < 4.78 is 0. The van der Waals surface area contributed by atoms with Gasteiger partial charge in [-0.25, -0.2) is 9.78 Å². The van der Waals surface area contributed by atoms with E-state index in [-0.39, 0.29) is 12.1 Å². The van der Waals surface area contributed by atoms with Gasteiger partial charge in [0.05, 0.1) is 5.52 Å². The van der Waals surface area contributed by atoms with E-state index >= 15 is 0 Å². The van der Waals surface area contributed by atoms with Crippen LogP contribution in [0.4, 0.5) is 0 Å². The van der Waals surface area contributed by atoms with E-state index in [4.69, 9.17) is 11.6 Å². The Labute approximate surface area is 149 Å². The predicted molar refractivity (Wildman–Crippen MR) is 95.8 cm³/mol. The molecule has 0 radical (unpaired) electrons. The van der Waals surface area contributed by atoms with Gasteiger partial charge >= 0.3 is 5.97 Å². The minimum absolute atomic E-state index is 0.159. The van der Waals surface area contributed by atoms with Gasteiger partial charge in [-0.05, 0) is 29.8 Å². The molecule has 5 nitrogen and oxygen atoms in total. The Balaban J connectivity index is 1.77. The molecule has 0 saturated heterocycles. The Morgan fingerprint density at radius 2 is 1.76 bits per heavy atom. The number of pyridine rings is 1. The summed E-state index contributed by atoms with van der Waals surface area (Å²) in [5.74, 6) is -1.63. The topological polar surface area (TPSA) is 79.3 Å². The van der Waals surface area contributed by atoms with Crippen molar-refractivity contribution < 1.29 is 14.7 Å². The molecule has 6 heteroatoms. The van der Waals surface area contributed by atoms with Crippen LogP contribution in [0.15, 0.2) is 60.7 Å². The minimum atomic E-state index is -1.11. The number of hydrogen-bond donors (Lipinski definition) is 2. The Bertz CT molecular complexity index is 925. The lowest BCUT2D eigenvalue weighted by molar-refractivity contribution is -0.139. The molecular formula is C19H15ClN2O3. The monoisotopic (exact) mass is 354 g/mol. The Kier molecular flexibility index (Phi) is 4.95. The molecular weight excluding hydrogens is 340 g/mol. The molecule has 0 aliphatic heterocycles. The number of hydrogen-bond acceptors (Lipinski definition) is 3. The van der Waals surface area contributed by atoms with Crippen molar-refractivity contribution in [2.45, 2.75) is 12.5 Å². The molecule has 25 heavy (non-hydrogen) atoms. The quantitative estimate of drug-likeness (QED) is 0.736. The highest BCUT2D eigenvalue weighted by atomic mass is 35.5. The molecule has 0 aliphatic carbocycles. The molecule has 2 aromatic carbocycles. The number of benzene rings is 2. The first kappa shape index (κ1) is 16.9. The molecule has 0 bridgehead atoms. The average Bonchev–Trinajstić information content (AvgIpc) is 2.62. The van der Waals surface area contributed by atoms with E-state index in [0.29, 0.717) is 10.5 Å². The number of rotatable bonds is 5. The summed E-state index contributed by atoms with van der Waals surface area (Å²) in [5, 5.41) is 13.4. The number of nitrogens with zero attached hydrogens (tertiary/aromatic N) is 1. The fourth-order valence-electron chi connectivity index (χ4n) is 2.48. The van der Waals surface area contributed by atoms with Gasteiger partial charge in [-0.3, -0.25) is 4.79 Å². The third-order valence-corrected chi connectivity index (χ3v) is 4.04. The fourth-order valence-corrected chi connectivity index (χ4v) is 2.61. The number of aromatic nitrogens is 1. The molecule has 3 rings (SSSR count). The molecule has 1 aromatic heterocycles. The first-order chi connectivity index (χ1) is 12.0. The maximum atomic E-state index is 12.4. The predicted octanol–water partition coefficient (Wildman–Crippen LogP) is 3.31. The van der Waals surface area contributed by atoms with Gasteiger partial charge in [-0.2, -0.15) is 0 Å². The van der Waals surface area contributed by atoms with Crippen molar-refractivity contribution in [3.05, 3.63) is 76.9 Å². The van der Waals surface area contributed by atoms with Crippen molar-refractivity contribution >= 4 is 34.4 Å². The molecule has 1 heterocycles. The third-order valence-electron chi connectivity index (χ3n) is 3.79. The third kappa shape index (κ3) is 4.14. The van der Waals surface area contributed by atoms with Crippen LogP contribution in [-0.4, -0.2) is 28.0 Å². The number of fused-ring (bicyclic) bond motifs is 1. The van der Waals surface area contributed by atoms with Gasteiger partial charge in [0.25, 0.3) is 5.91 Å². The van der Waals surface area contributed by atoms with Crippen molar-refractivity contribution in [1.82, 2.24) is 10.3 Å². The first-order valence-electron chi connectivity index (χ1n) is 7.67. The Morgan fingerprint density at radius 1 is 1.04 bits per heavy atom. The normalized spacial score (nSPS) is 11.9. The van der Waals surface area contributed by atoms with E-state index in [0.717, 1.165) is 10.9 Å². The Hall–Kier alpha value is -2.92. The molecule has 126 valence electrons. The van der Waals surface area contributed by atoms with Crippen molar-refractivity contribution in [2.24, 2.45) is 0 Å². The summed E-state index contributed by atoms with van der Waals surface area (Å²) in [5.41, 5.74) is 1.63. The van der Waals surface area contributed by atoms with Gasteiger partial charge in [0.15, 0.2) is 0 Å². The Morgan fingerprint density at radius 3 is 2.48 bits per heavy atom. The zero-order valence-corrected chi connectivity index (χ0v) is 13.9. The lowest BCUT2D eigenvalue weighted by Crippen LogP contribution is -2.42. The lowest BCUT2D eigenvalue weighted by atomic mass is 10.1. The number of halogens is 1. The number of aliphatic carboxylic acids is 1. The second-order valence-electron chi connectivity index (χ2n) is 5.58. The van der Waals surface area contributed by atoms with E-state index in [1.807, 2.05) is 18.2 Å². The van der Waals surface area contributed by atoms with E-state index in [1.165, 1.54) is 0 Å². The number of carboxylic acid groups (broad SMARTS) is 1. The number of carbonyl (C=O) groups is 2. The van der Waals surface area contributed by atoms with Crippen LogP contribution in [0.5, 0.6) is 0 Å². The van der Waals surface area contributed by atoms with Crippen LogP contribution >= 0.6 is 11.6 Å². The number of amides is 1. The smallest absolute Gasteiger partial charge is 0.326 e. The summed E-state index contributed by atoms with van der Waals surface area (Å²) in [6.07, 6.45) is 0.159. The summed E-state index contributed by atoms with van der Waals surface area (Å²) in [7, 11) is 0. The number of carboxylic acids is 1. The van der Waals surface area contributed by atoms with Crippen molar-refractivity contribution in [3.8, 4) is 0 Å². The number of para-hydroxylation sites is 1. The van der Waals surface area contributed by atoms with E-state index < -0.39 is 17.9 Å². The molecule has 0 unspecified atom stereocenters.